The van der Waals surface area contributed by atoms with Crippen LogP contribution in [-0.4, -0.2) is 131 Å². The monoisotopic (exact) mass is 810 g/mol. The molecular weight excluding hydrogens is 752 g/mol. The molecule has 16 heteroatoms. The second-order valence-corrected chi connectivity index (χ2v) is 15.2. The molecule has 3 aliphatic rings. The molecule has 8 unspecified atom stereocenters. The van der Waals surface area contributed by atoms with Crippen LogP contribution in [0.1, 0.15) is 63.0 Å². The number of nitrogens with one attached hydrogen (secondary N) is 1. The van der Waals surface area contributed by atoms with Crippen LogP contribution in [0.3, 0.4) is 0 Å². The molecular formula is C42H58N4O12. The van der Waals surface area contributed by atoms with E-state index in [4.69, 9.17) is 18.9 Å². The van der Waals surface area contributed by atoms with Crippen LogP contribution in [0.25, 0.3) is 10.8 Å². The van der Waals surface area contributed by atoms with Gasteiger partial charge in [-0.15, -0.1) is 0 Å². The van der Waals surface area contributed by atoms with Crippen molar-refractivity contribution < 1.29 is 58.9 Å². The van der Waals surface area contributed by atoms with Crippen molar-refractivity contribution in [3.8, 4) is 23.0 Å². The number of hydrogen-bond donors (Lipinski definition) is 6. The Morgan fingerprint density at radius 2 is 1.57 bits per heavy atom. The third kappa shape index (κ3) is 9.74. The summed E-state index contributed by atoms with van der Waals surface area (Å²) in [4.78, 5) is 42.2. The molecule has 2 aromatic rings. The summed E-state index contributed by atoms with van der Waals surface area (Å²) in [6, 6.07) is 0. The highest BCUT2D eigenvalue weighted by molar-refractivity contribution is 6.20. The molecule has 4 bridgehead atoms. The van der Waals surface area contributed by atoms with Crippen molar-refractivity contribution in [2.45, 2.75) is 72.9 Å². The minimum atomic E-state index is -1.15. The van der Waals surface area contributed by atoms with E-state index in [2.05, 4.69) is 15.3 Å². The number of piperazine rings is 1. The second kappa shape index (κ2) is 19.5. The zero-order chi connectivity index (χ0) is 43.2. The van der Waals surface area contributed by atoms with Crippen molar-refractivity contribution in [2.75, 3.05) is 52.8 Å². The van der Waals surface area contributed by atoms with Gasteiger partial charge in [0.15, 0.2) is 5.75 Å². The Hall–Kier alpha value is -5.16. The van der Waals surface area contributed by atoms with E-state index < -0.39 is 83.2 Å². The lowest BCUT2D eigenvalue weighted by molar-refractivity contribution is -0.160. The van der Waals surface area contributed by atoms with Gasteiger partial charge in [0, 0.05) is 75.0 Å². The van der Waals surface area contributed by atoms with Crippen LogP contribution in [0, 0.1) is 30.6 Å². The van der Waals surface area contributed by atoms with Crippen LogP contribution in [0.4, 0.5) is 5.69 Å². The Bertz CT molecular complexity index is 1970. The minimum absolute atomic E-state index is 0.0224. The number of carbonyl (C=O) groups excluding carboxylic acids is 3. The number of carbonyl (C=O) groups is 3. The van der Waals surface area contributed by atoms with Crippen LogP contribution in [0.15, 0.2) is 41.2 Å². The highest BCUT2D eigenvalue weighted by atomic mass is 16.5. The summed E-state index contributed by atoms with van der Waals surface area (Å²) in [5.74, 6) is -6.86. The molecule has 3 aliphatic heterocycles. The lowest BCUT2D eigenvalue weighted by atomic mass is 9.78. The molecule has 6 N–H and O–H groups in total. The van der Waals surface area contributed by atoms with E-state index in [0.717, 1.165) is 6.26 Å². The number of esters is 2. The van der Waals surface area contributed by atoms with Gasteiger partial charge in [0.25, 0.3) is 5.91 Å². The lowest BCUT2D eigenvalue weighted by Gasteiger charge is -2.38. The van der Waals surface area contributed by atoms with Gasteiger partial charge in [0.1, 0.15) is 28.9 Å². The van der Waals surface area contributed by atoms with Gasteiger partial charge in [-0.1, -0.05) is 45.9 Å². The largest absolute Gasteiger partial charge is 0.507 e. The van der Waals surface area contributed by atoms with E-state index in [1.54, 1.807) is 44.9 Å². The van der Waals surface area contributed by atoms with E-state index >= 15 is 0 Å². The Morgan fingerprint density at radius 1 is 0.914 bits per heavy atom. The number of nitrogens with zero attached hydrogens (tertiary/aromatic N) is 3. The molecule has 1 saturated heterocycles. The number of ether oxygens (including phenoxy) is 4. The first-order valence-corrected chi connectivity index (χ1v) is 19.2. The summed E-state index contributed by atoms with van der Waals surface area (Å²) in [5, 5.41) is 66.4. The zero-order valence-electron chi connectivity index (χ0n) is 34.8. The summed E-state index contributed by atoms with van der Waals surface area (Å²) in [7, 11) is 4.64. The lowest BCUT2D eigenvalue weighted by Crippen LogP contribution is -2.46. The van der Waals surface area contributed by atoms with Gasteiger partial charge >= 0.3 is 11.9 Å². The molecule has 8 atom stereocenters. The third-order valence-electron chi connectivity index (χ3n) is 11.2. The summed E-state index contributed by atoms with van der Waals surface area (Å²) in [5.41, 5.74) is -0.625. The second-order valence-electron chi connectivity index (χ2n) is 15.2. The summed E-state index contributed by atoms with van der Waals surface area (Å²) in [6.07, 6.45) is 4.50. The SMILES string of the molecule is COc1c(C)c(O)c2c(O)c3c(/C=N/N4CCN(C)CC4)c(O)c2c1C(=O)O/C=C/C(OC)C(C)C(OC(C)=O)C(C)C(O)C(C)C(O)C(C)/C=C/C=C(/C)C(=O)N3. The van der Waals surface area contributed by atoms with Gasteiger partial charge < -0.3 is 54.7 Å². The number of amides is 1. The van der Waals surface area contributed by atoms with E-state index in [0.29, 0.717) is 26.2 Å². The van der Waals surface area contributed by atoms with Gasteiger partial charge in [0.05, 0.1) is 59.9 Å². The first kappa shape index (κ1) is 45.5. The smallest absolute Gasteiger partial charge is 0.347 e. The molecule has 3 heterocycles. The Labute approximate surface area is 339 Å². The number of allylic oxidation sites excluding steroid dienone is 2. The van der Waals surface area contributed by atoms with E-state index in [9.17, 15) is 39.9 Å². The molecule has 0 aliphatic carbocycles. The van der Waals surface area contributed by atoms with Gasteiger partial charge in [-0.25, -0.2) is 4.79 Å². The van der Waals surface area contributed by atoms with Crippen LogP contribution >= 0.6 is 0 Å². The van der Waals surface area contributed by atoms with Crippen LogP contribution in [-0.2, 0) is 23.8 Å². The molecule has 1 amide bonds. The fourth-order valence-electron chi connectivity index (χ4n) is 7.47. The first-order valence-electron chi connectivity index (χ1n) is 19.2. The number of aromatic hydroxyl groups is 3. The van der Waals surface area contributed by atoms with Gasteiger partial charge in [0.2, 0.25) is 0 Å². The predicted octanol–water partition coefficient (Wildman–Crippen LogP) is 4.19. The number of anilines is 1. The van der Waals surface area contributed by atoms with Crippen molar-refractivity contribution in [1.82, 2.24) is 9.91 Å². The molecule has 0 spiro atoms. The first-order chi connectivity index (χ1) is 27.4. The molecule has 2 aromatic carbocycles. The van der Waals surface area contributed by atoms with Crippen molar-refractivity contribution in [2.24, 2.45) is 28.8 Å². The highest BCUT2D eigenvalue weighted by Crippen LogP contribution is 2.52. The summed E-state index contributed by atoms with van der Waals surface area (Å²) >= 11 is 0. The van der Waals surface area contributed by atoms with Gasteiger partial charge in [-0.3, -0.25) is 14.6 Å². The number of aliphatic hydroxyl groups is 2. The number of phenols is 3. The number of aliphatic hydroxyl groups excluding tert-OH is 2. The fourth-order valence-corrected chi connectivity index (χ4v) is 7.47. The molecule has 0 radical (unpaired) electrons. The average molecular weight is 811 g/mol. The van der Waals surface area contributed by atoms with Gasteiger partial charge in [-0.05, 0) is 27.0 Å². The van der Waals surface area contributed by atoms with Crippen molar-refractivity contribution in [1.29, 1.82) is 0 Å². The maximum Gasteiger partial charge on any atom is 0.347 e. The number of likely N-dealkylation sites (N-methyl/N-ethyl adjacent to an activating group) is 1. The fraction of sp³-hybridized carbons (Fsp3) is 0.524. The summed E-state index contributed by atoms with van der Waals surface area (Å²) in [6.45, 7) is 13.6. The Morgan fingerprint density at radius 3 is 2.17 bits per heavy atom. The quantitative estimate of drug-likeness (QED) is 0.108. The van der Waals surface area contributed by atoms with Crippen LogP contribution in [0.5, 0.6) is 23.0 Å². The summed E-state index contributed by atoms with van der Waals surface area (Å²) < 4.78 is 22.6. The van der Waals surface area contributed by atoms with Gasteiger partial charge in [-0.2, -0.15) is 5.10 Å². The molecule has 0 saturated carbocycles. The minimum Gasteiger partial charge on any atom is -0.507 e. The normalized spacial score (nSPS) is 29.2. The maximum atomic E-state index is 14.1. The Balaban J connectivity index is 1.99. The number of methoxy groups -OCH3 is 2. The highest BCUT2D eigenvalue weighted by Gasteiger charge is 2.39. The number of benzene rings is 2. The molecule has 318 valence electrons. The topological polar surface area (TPSA) is 220 Å². The molecule has 5 rings (SSSR count). The van der Waals surface area contributed by atoms with Crippen molar-refractivity contribution >= 4 is 40.5 Å². The number of phenolic OH excluding ortho intramolecular Hbond substituents is 3. The van der Waals surface area contributed by atoms with E-state index in [-0.39, 0.29) is 44.5 Å². The number of hydrazone groups is 1. The van der Waals surface area contributed by atoms with Crippen LogP contribution in [0.2, 0.25) is 0 Å². The number of rotatable bonds is 5. The Kier molecular flexibility index (Phi) is 15.3. The maximum absolute atomic E-state index is 14.1. The van der Waals surface area contributed by atoms with E-state index in [1.165, 1.54) is 53.4 Å². The van der Waals surface area contributed by atoms with Crippen molar-refractivity contribution in [3.05, 3.63) is 52.8 Å². The molecule has 1 fully saturated rings. The average Bonchev–Trinajstić information content (AvgIpc) is 3.19. The number of hydrogen-bond acceptors (Lipinski definition) is 15. The van der Waals surface area contributed by atoms with Crippen LogP contribution < -0.4 is 10.1 Å². The standard InChI is InChI=1S/C42H58N4O12/c1-21-12-11-13-22(2)41(53)44-33-28(20-43-46-17-15-45(8)16-18-46)37(51)30-31(38(33)52)36(50)26(6)40(56-10)32(30)42(54)57-19-14-29(55-9)23(3)39(58-27(7)47)25(5)35(49)24(4)34(21)48/h11-14,19-21,23-25,29,34-35,39,48-52H,15-18H2,1-10H3,(H,44,53)/b12-11+,19-14+,22-13-,43-20+. The van der Waals surface area contributed by atoms with E-state index in [1.807, 2.05) is 7.05 Å². The predicted molar refractivity (Wildman–Crippen MR) is 218 cm³/mol. The van der Waals surface area contributed by atoms with Crippen molar-refractivity contribution in [3.63, 3.8) is 0 Å². The number of fused-ring (bicyclic) bond motifs is 15. The molecule has 58 heavy (non-hydrogen) atoms. The zero-order valence-corrected chi connectivity index (χ0v) is 34.8. The molecule has 0 aromatic heterocycles. The molecule has 16 nitrogen and oxygen atoms in total. The third-order valence-corrected chi connectivity index (χ3v) is 11.2.